The van der Waals surface area contributed by atoms with Crippen molar-refractivity contribution in [2.45, 2.75) is 0 Å². The highest BCUT2D eigenvalue weighted by Crippen LogP contribution is 2.42. The third-order valence-electron chi connectivity index (χ3n) is 10.7. The second-order valence-corrected chi connectivity index (χ2v) is 13.6. The van der Waals surface area contributed by atoms with Gasteiger partial charge in [-0.1, -0.05) is 84.9 Å². The van der Waals surface area contributed by atoms with Gasteiger partial charge in [-0.2, -0.15) is 5.26 Å². The minimum absolute atomic E-state index is 0.660. The predicted octanol–water partition coefficient (Wildman–Crippen LogP) is 11.9. The van der Waals surface area contributed by atoms with E-state index in [4.69, 9.17) is 4.98 Å². The van der Waals surface area contributed by atoms with Gasteiger partial charge < -0.3 is 9.13 Å². The summed E-state index contributed by atoms with van der Waals surface area (Å²) >= 11 is 0. The van der Waals surface area contributed by atoms with Gasteiger partial charge in [0.05, 0.1) is 39.2 Å². The third-order valence-corrected chi connectivity index (χ3v) is 10.7. The maximum atomic E-state index is 9.64. The summed E-state index contributed by atoms with van der Waals surface area (Å²) in [7, 11) is 0. The lowest BCUT2D eigenvalue weighted by Gasteiger charge is -2.12. The molecule has 5 nitrogen and oxygen atoms in total. The Morgan fingerprint density at radius 3 is 1.77 bits per heavy atom. The first kappa shape index (κ1) is 29.3. The molecule has 0 aliphatic carbocycles. The summed E-state index contributed by atoms with van der Waals surface area (Å²) in [5.41, 5.74) is 12.7. The molecule has 4 aromatic heterocycles. The Bertz CT molecular complexity index is 3300. The zero-order valence-electron chi connectivity index (χ0n) is 28.5. The van der Waals surface area contributed by atoms with E-state index >= 15 is 0 Å². The topological polar surface area (TPSA) is 51.5 Å². The van der Waals surface area contributed by atoms with E-state index in [9.17, 15) is 5.26 Å². The van der Waals surface area contributed by atoms with E-state index in [-0.39, 0.29) is 0 Å². The smallest absolute Gasteiger partial charge is 0.145 e. The van der Waals surface area contributed by atoms with Crippen LogP contribution in [0, 0.1) is 11.3 Å². The number of benzene rings is 7. The van der Waals surface area contributed by atoms with Crippen LogP contribution in [-0.2, 0) is 0 Å². The molecular formula is C48H29N5. The second-order valence-electron chi connectivity index (χ2n) is 13.6. The van der Waals surface area contributed by atoms with Crippen molar-refractivity contribution in [1.82, 2.24) is 18.7 Å². The fourth-order valence-corrected chi connectivity index (χ4v) is 8.46. The molecule has 246 valence electrons. The van der Waals surface area contributed by atoms with Crippen molar-refractivity contribution in [2.75, 3.05) is 0 Å². The first-order valence-electron chi connectivity index (χ1n) is 17.8. The van der Waals surface area contributed by atoms with Gasteiger partial charge in [0.2, 0.25) is 0 Å². The Balaban J connectivity index is 1.13. The zero-order valence-corrected chi connectivity index (χ0v) is 28.5. The predicted molar refractivity (Wildman–Crippen MR) is 217 cm³/mol. The fourth-order valence-electron chi connectivity index (χ4n) is 8.46. The standard InChI is InChI=1S/C48H29N5/c49-30-31-22-24-44-41(27-31)38-18-5-6-20-42(38)51(44)35-15-8-11-32(28-35)33-12-9-16-36(29-33)53-45-25-23-39-37-17-4-7-21-43(37)52(34-13-2-1-3-14-34)47(39)46(45)40-19-10-26-50-48(40)53/h1-29H. The summed E-state index contributed by atoms with van der Waals surface area (Å²) < 4.78 is 7.01. The van der Waals surface area contributed by atoms with E-state index in [1.54, 1.807) is 0 Å². The van der Waals surface area contributed by atoms with Crippen LogP contribution >= 0.6 is 0 Å². The van der Waals surface area contributed by atoms with Crippen LogP contribution in [0.4, 0.5) is 0 Å². The minimum atomic E-state index is 0.660. The number of hydrogen-bond donors (Lipinski definition) is 0. The Kier molecular flexibility index (Phi) is 6.25. The first-order valence-corrected chi connectivity index (χ1v) is 17.8. The quantitative estimate of drug-likeness (QED) is 0.186. The molecule has 5 heteroatoms. The highest BCUT2D eigenvalue weighted by atomic mass is 15.1. The van der Waals surface area contributed by atoms with Crippen LogP contribution in [0.15, 0.2) is 176 Å². The van der Waals surface area contributed by atoms with Crippen LogP contribution in [0.3, 0.4) is 0 Å². The maximum Gasteiger partial charge on any atom is 0.145 e. The first-order chi connectivity index (χ1) is 26.3. The van der Waals surface area contributed by atoms with Gasteiger partial charge in [0.25, 0.3) is 0 Å². The van der Waals surface area contributed by atoms with E-state index in [0.717, 1.165) is 66.5 Å². The van der Waals surface area contributed by atoms with E-state index in [2.05, 4.69) is 171 Å². The normalized spacial score (nSPS) is 11.8. The Hall–Kier alpha value is -7.42. The highest BCUT2D eigenvalue weighted by molar-refractivity contribution is 6.25. The molecule has 0 unspecified atom stereocenters. The monoisotopic (exact) mass is 675 g/mol. The molecule has 11 aromatic rings. The highest BCUT2D eigenvalue weighted by Gasteiger charge is 2.21. The molecule has 53 heavy (non-hydrogen) atoms. The lowest BCUT2D eigenvalue weighted by molar-refractivity contribution is 1.13. The second kappa shape index (κ2) is 11.3. The van der Waals surface area contributed by atoms with Gasteiger partial charge in [-0.05, 0) is 96.1 Å². The molecule has 0 bridgehead atoms. The molecule has 0 N–H and O–H groups in total. The molecule has 0 saturated carbocycles. The van der Waals surface area contributed by atoms with E-state index in [0.29, 0.717) is 5.56 Å². The van der Waals surface area contributed by atoms with Crippen molar-refractivity contribution in [3.8, 4) is 34.3 Å². The molecule has 0 amide bonds. The Labute approximate surface area is 304 Å². The molecule has 4 heterocycles. The van der Waals surface area contributed by atoms with Gasteiger partial charge in [0.1, 0.15) is 5.65 Å². The third kappa shape index (κ3) is 4.27. The van der Waals surface area contributed by atoms with Crippen molar-refractivity contribution in [3.63, 3.8) is 0 Å². The average Bonchev–Trinajstić information content (AvgIpc) is 3.87. The fraction of sp³-hybridized carbons (Fsp3) is 0. The molecule has 7 aromatic carbocycles. The van der Waals surface area contributed by atoms with Gasteiger partial charge in [-0.3, -0.25) is 4.57 Å². The van der Waals surface area contributed by atoms with Gasteiger partial charge >= 0.3 is 0 Å². The van der Waals surface area contributed by atoms with Crippen molar-refractivity contribution in [2.24, 2.45) is 0 Å². The number of fused-ring (bicyclic) bond motifs is 10. The van der Waals surface area contributed by atoms with Crippen molar-refractivity contribution in [3.05, 3.63) is 182 Å². The number of nitrogens with zero attached hydrogens (tertiary/aromatic N) is 5. The van der Waals surface area contributed by atoms with Crippen LogP contribution in [-0.4, -0.2) is 18.7 Å². The lowest BCUT2D eigenvalue weighted by Crippen LogP contribution is -1.97. The number of hydrogen-bond acceptors (Lipinski definition) is 2. The van der Waals surface area contributed by atoms with Gasteiger partial charge in [-0.15, -0.1) is 0 Å². The van der Waals surface area contributed by atoms with Crippen LogP contribution in [0.5, 0.6) is 0 Å². The van der Waals surface area contributed by atoms with E-state index in [1.807, 2.05) is 24.4 Å². The number of pyridine rings is 1. The van der Waals surface area contributed by atoms with Crippen LogP contribution in [0.2, 0.25) is 0 Å². The minimum Gasteiger partial charge on any atom is -0.309 e. The average molecular weight is 676 g/mol. The lowest BCUT2D eigenvalue weighted by atomic mass is 10.0. The van der Waals surface area contributed by atoms with E-state index in [1.165, 1.54) is 27.2 Å². The van der Waals surface area contributed by atoms with Gasteiger partial charge in [0, 0.05) is 55.6 Å². The summed E-state index contributed by atoms with van der Waals surface area (Å²) in [5, 5.41) is 16.6. The number of rotatable bonds is 4. The molecule has 11 rings (SSSR count). The summed E-state index contributed by atoms with van der Waals surface area (Å²) in [4.78, 5) is 5.01. The summed E-state index contributed by atoms with van der Waals surface area (Å²) in [6.45, 7) is 0. The SMILES string of the molecule is N#Cc1ccc2c(c1)c1ccccc1n2-c1cccc(-c2cccc(-n3c4ccc5c6ccccc6n(-c6ccccc6)c5c4c4cccnc43)c2)c1. The Morgan fingerprint density at radius 2 is 1.02 bits per heavy atom. The van der Waals surface area contributed by atoms with Crippen LogP contribution in [0.25, 0.3) is 93.7 Å². The zero-order chi connectivity index (χ0) is 35.0. The van der Waals surface area contributed by atoms with E-state index < -0.39 is 0 Å². The maximum absolute atomic E-state index is 9.64. The van der Waals surface area contributed by atoms with Crippen LogP contribution in [0.1, 0.15) is 5.56 Å². The number of nitriles is 1. The summed E-state index contributed by atoms with van der Waals surface area (Å²) in [5.74, 6) is 0. The molecule has 0 spiro atoms. The molecule has 0 aliphatic rings. The molecule has 0 atom stereocenters. The summed E-state index contributed by atoms with van der Waals surface area (Å²) in [6.07, 6.45) is 1.89. The van der Waals surface area contributed by atoms with Crippen molar-refractivity contribution < 1.29 is 0 Å². The molecule has 0 radical (unpaired) electrons. The number of para-hydroxylation sites is 3. The van der Waals surface area contributed by atoms with Crippen molar-refractivity contribution in [1.29, 1.82) is 5.26 Å². The van der Waals surface area contributed by atoms with Gasteiger partial charge in [0.15, 0.2) is 0 Å². The molecular weight excluding hydrogens is 647 g/mol. The summed E-state index contributed by atoms with van der Waals surface area (Å²) in [6, 6.07) is 62.3. The molecule has 0 fully saturated rings. The Morgan fingerprint density at radius 1 is 0.415 bits per heavy atom. The van der Waals surface area contributed by atoms with Crippen LogP contribution < -0.4 is 0 Å². The van der Waals surface area contributed by atoms with Crippen molar-refractivity contribution >= 4 is 65.5 Å². The van der Waals surface area contributed by atoms with Gasteiger partial charge in [-0.25, -0.2) is 4.98 Å². The molecule has 0 aliphatic heterocycles. The largest absolute Gasteiger partial charge is 0.309 e. The molecule has 0 saturated heterocycles. The number of aromatic nitrogens is 4.